The highest BCUT2D eigenvalue weighted by molar-refractivity contribution is 6.31. The van der Waals surface area contributed by atoms with Crippen molar-refractivity contribution < 1.29 is 4.39 Å². The van der Waals surface area contributed by atoms with E-state index in [4.69, 9.17) is 17.3 Å². The molecule has 1 aliphatic carbocycles. The smallest absolute Gasteiger partial charge is 0.153 e. The summed E-state index contributed by atoms with van der Waals surface area (Å²) in [5, 5.41) is 7.25. The van der Waals surface area contributed by atoms with Crippen molar-refractivity contribution in [3.05, 3.63) is 34.7 Å². The Bertz CT molecular complexity index is 678. The number of nitrogens with two attached hydrogens (primary N) is 1. The minimum absolute atomic E-state index is 0.102. The van der Waals surface area contributed by atoms with Crippen molar-refractivity contribution in [3.8, 4) is 11.1 Å². The molecule has 0 bridgehead atoms. The Hall–Kier alpha value is -1.55. The molecule has 5 heteroatoms. The molecule has 1 aromatic carbocycles. The Labute approximate surface area is 128 Å². The van der Waals surface area contributed by atoms with E-state index in [1.165, 1.54) is 6.07 Å². The lowest BCUT2D eigenvalue weighted by Crippen LogP contribution is -2.16. The van der Waals surface area contributed by atoms with Crippen LogP contribution in [0, 0.1) is 11.2 Å². The molecule has 1 fully saturated rings. The zero-order valence-corrected chi connectivity index (χ0v) is 13.0. The Morgan fingerprint density at radius 2 is 2.19 bits per heavy atom. The van der Waals surface area contributed by atoms with Crippen molar-refractivity contribution in [2.45, 2.75) is 39.0 Å². The molecule has 0 saturated heterocycles. The van der Waals surface area contributed by atoms with Gasteiger partial charge in [-0.2, -0.15) is 5.10 Å². The Morgan fingerprint density at radius 3 is 2.86 bits per heavy atom. The monoisotopic (exact) mass is 307 g/mol. The highest BCUT2D eigenvalue weighted by atomic mass is 35.5. The second-order valence-electron chi connectivity index (χ2n) is 6.43. The topological polar surface area (TPSA) is 54.7 Å². The van der Waals surface area contributed by atoms with Gasteiger partial charge in [0.2, 0.25) is 0 Å². The van der Waals surface area contributed by atoms with Gasteiger partial charge in [-0.3, -0.25) is 5.10 Å². The lowest BCUT2D eigenvalue weighted by atomic mass is 9.78. The number of rotatable bonds is 2. The number of anilines is 1. The van der Waals surface area contributed by atoms with Crippen LogP contribution in [0.1, 0.15) is 44.7 Å². The summed E-state index contributed by atoms with van der Waals surface area (Å²) in [6.45, 7) is 4.47. The van der Waals surface area contributed by atoms with Gasteiger partial charge in [-0.15, -0.1) is 0 Å². The van der Waals surface area contributed by atoms with Gasteiger partial charge in [-0.25, -0.2) is 4.39 Å². The molecule has 3 rings (SSSR count). The van der Waals surface area contributed by atoms with Gasteiger partial charge in [0.25, 0.3) is 0 Å². The lowest BCUT2D eigenvalue weighted by molar-refractivity contribution is 0.327. The molecular formula is C16H19ClFN3. The maximum Gasteiger partial charge on any atom is 0.153 e. The zero-order chi connectivity index (χ0) is 15.2. The predicted octanol–water partition coefficient (Wildman–Crippen LogP) is 4.75. The van der Waals surface area contributed by atoms with E-state index in [0.717, 1.165) is 25.0 Å². The molecule has 3 N–H and O–H groups in total. The first kappa shape index (κ1) is 14.4. The normalized spacial score (nSPS) is 20.9. The predicted molar refractivity (Wildman–Crippen MR) is 83.8 cm³/mol. The fourth-order valence-electron chi connectivity index (χ4n) is 3.46. The quantitative estimate of drug-likeness (QED) is 0.841. The molecule has 0 aliphatic heterocycles. The van der Waals surface area contributed by atoms with Crippen molar-refractivity contribution in [1.82, 2.24) is 10.2 Å². The number of halogens is 2. The van der Waals surface area contributed by atoms with E-state index < -0.39 is 5.82 Å². The summed E-state index contributed by atoms with van der Waals surface area (Å²) in [5.74, 6) is 0.189. The number of aromatic nitrogens is 2. The van der Waals surface area contributed by atoms with E-state index in [1.54, 1.807) is 12.1 Å². The van der Waals surface area contributed by atoms with Crippen molar-refractivity contribution in [1.29, 1.82) is 0 Å². The van der Waals surface area contributed by atoms with Crippen molar-refractivity contribution in [2.75, 3.05) is 5.73 Å². The Morgan fingerprint density at radius 1 is 1.43 bits per heavy atom. The fraction of sp³-hybridized carbons (Fsp3) is 0.438. The van der Waals surface area contributed by atoms with Gasteiger partial charge in [-0.05, 0) is 24.3 Å². The molecule has 3 nitrogen and oxygen atoms in total. The summed E-state index contributed by atoms with van der Waals surface area (Å²) in [4.78, 5) is 0. The van der Waals surface area contributed by atoms with E-state index >= 15 is 0 Å². The molecule has 1 aromatic heterocycles. The molecule has 2 aromatic rings. The van der Waals surface area contributed by atoms with Crippen LogP contribution >= 0.6 is 11.6 Å². The van der Waals surface area contributed by atoms with Crippen LogP contribution in [0.2, 0.25) is 5.02 Å². The highest BCUT2D eigenvalue weighted by Crippen LogP contribution is 2.51. The molecule has 1 saturated carbocycles. The number of hydrogen-bond acceptors (Lipinski definition) is 2. The molecular weight excluding hydrogens is 289 g/mol. The van der Waals surface area contributed by atoms with E-state index in [-0.39, 0.29) is 10.4 Å². The second kappa shape index (κ2) is 5.02. The molecule has 0 amide bonds. The van der Waals surface area contributed by atoms with Gasteiger partial charge >= 0.3 is 0 Å². The van der Waals surface area contributed by atoms with E-state index in [1.807, 2.05) is 0 Å². The summed E-state index contributed by atoms with van der Waals surface area (Å²) in [7, 11) is 0. The molecule has 1 unspecified atom stereocenters. The van der Waals surface area contributed by atoms with E-state index in [2.05, 4.69) is 24.0 Å². The van der Waals surface area contributed by atoms with Gasteiger partial charge in [-0.1, -0.05) is 44.0 Å². The molecule has 1 heterocycles. The van der Waals surface area contributed by atoms with Crippen LogP contribution in [0.25, 0.3) is 11.1 Å². The third kappa shape index (κ3) is 2.31. The Balaban J connectivity index is 2.16. The summed E-state index contributed by atoms with van der Waals surface area (Å²) in [6, 6.07) is 4.97. The minimum Gasteiger partial charge on any atom is -0.382 e. The average Bonchev–Trinajstić information content (AvgIpc) is 2.95. The van der Waals surface area contributed by atoms with Crippen LogP contribution in [0.3, 0.4) is 0 Å². The van der Waals surface area contributed by atoms with Gasteiger partial charge in [0, 0.05) is 22.7 Å². The number of aromatic amines is 1. The third-order valence-corrected chi connectivity index (χ3v) is 4.94. The summed E-state index contributed by atoms with van der Waals surface area (Å²) in [5.41, 5.74) is 8.16. The third-order valence-electron chi connectivity index (χ3n) is 4.65. The van der Waals surface area contributed by atoms with Gasteiger partial charge < -0.3 is 5.73 Å². The molecule has 112 valence electrons. The van der Waals surface area contributed by atoms with Gasteiger partial charge in [0.15, 0.2) is 5.82 Å². The molecule has 1 aliphatic rings. The SMILES string of the molecule is CC1(C)CCCC1c1[nH]nc(N)c1-c1cccc(Cl)c1F. The minimum atomic E-state index is -0.440. The maximum absolute atomic E-state index is 14.4. The molecule has 0 radical (unpaired) electrons. The number of nitrogens with one attached hydrogen (secondary N) is 1. The highest BCUT2D eigenvalue weighted by Gasteiger charge is 2.38. The van der Waals surface area contributed by atoms with Crippen LogP contribution in [-0.2, 0) is 0 Å². The number of H-pyrrole nitrogens is 1. The number of hydrogen-bond donors (Lipinski definition) is 2. The second-order valence-corrected chi connectivity index (χ2v) is 6.84. The van der Waals surface area contributed by atoms with E-state index in [0.29, 0.717) is 22.9 Å². The average molecular weight is 308 g/mol. The zero-order valence-electron chi connectivity index (χ0n) is 12.2. The van der Waals surface area contributed by atoms with Crippen LogP contribution in [0.5, 0.6) is 0 Å². The molecule has 1 atom stereocenters. The molecule has 21 heavy (non-hydrogen) atoms. The maximum atomic E-state index is 14.4. The summed E-state index contributed by atoms with van der Waals surface area (Å²) >= 11 is 5.90. The largest absolute Gasteiger partial charge is 0.382 e. The molecule has 0 spiro atoms. The van der Waals surface area contributed by atoms with Gasteiger partial charge in [0.1, 0.15) is 5.82 Å². The standard InChI is InChI=1S/C16H19ClFN3/c1-16(2)8-4-6-10(16)14-12(15(19)21-20-14)9-5-3-7-11(17)13(9)18/h3,5,7,10H,4,6,8H2,1-2H3,(H3,19,20,21). The van der Waals surface area contributed by atoms with Crippen LogP contribution < -0.4 is 5.73 Å². The first-order chi connectivity index (χ1) is 9.92. The first-order valence-corrected chi connectivity index (χ1v) is 7.57. The number of benzene rings is 1. The fourth-order valence-corrected chi connectivity index (χ4v) is 3.64. The van der Waals surface area contributed by atoms with Crippen LogP contribution in [0.4, 0.5) is 10.2 Å². The van der Waals surface area contributed by atoms with Crippen molar-refractivity contribution >= 4 is 17.4 Å². The number of nitrogen functional groups attached to an aromatic ring is 1. The summed E-state index contributed by atoms with van der Waals surface area (Å²) in [6.07, 6.45) is 3.37. The number of nitrogens with zero attached hydrogens (tertiary/aromatic N) is 1. The van der Waals surface area contributed by atoms with Gasteiger partial charge in [0.05, 0.1) is 5.02 Å². The lowest BCUT2D eigenvalue weighted by Gasteiger charge is -2.27. The van der Waals surface area contributed by atoms with Crippen molar-refractivity contribution in [3.63, 3.8) is 0 Å². The Kier molecular flexibility index (Phi) is 3.44. The van der Waals surface area contributed by atoms with Crippen LogP contribution in [-0.4, -0.2) is 10.2 Å². The first-order valence-electron chi connectivity index (χ1n) is 7.20. The van der Waals surface area contributed by atoms with Crippen LogP contribution in [0.15, 0.2) is 18.2 Å². The summed E-state index contributed by atoms with van der Waals surface area (Å²) < 4.78 is 14.4. The van der Waals surface area contributed by atoms with E-state index in [9.17, 15) is 4.39 Å². The van der Waals surface area contributed by atoms with Crippen molar-refractivity contribution in [2.24, 2.45) is 5.41 Å².